The normalized spacial score (nSPS) is 17.5. The number of aromatic nitrogens is 6. The lowest BCUT2D eigenvalue weighted by Crippen LogP contribution is -2.30. The van der Waals surface area contributed by atoms with Crippen LogP contribution in [0.25, 0.3) is 5.65 Å². The largest absolute Gasteiger partial charge is 0.359 e. The van der Waals surface area contributed by atoms with Crippen molar-refractivity contribution in [2.24, 2.45) is 5.92 Å². The van der Waals surface area contributed by atoms with E-state index < -0.39 is 5.56 Å². The molecule has 0 radical (unpaired) electrons. The minimum Gasteiger partial charge on any atom is -0.359 e. The molecular weight excluding hydrogens is 424 g/mol. The first-order chi connectivity index (χ1) is 15.9. The number of nitrogens with one attached hydrogen (secondary N) is 2. The molecule has 2 atom stereocenters. The predicted molar refractivity (Wildman–Crippen MR) is 121 cm³/mol. The maximum absolute atomic E-state index is 12.7. The van der Waals surface area contributed by atoms with Gasteiger partial charge < -0.3 is 15.2 Å². The maximum atomic E-state index is 12.7. The van der Waals surface area contributed by atoms with Crippen LogP contribution in [0.1, 0.15) is 50.5 Å². The highest BCUT2D eigenvalue weighted by Gasteiger charge is 2.37. The molecule has 4 aromatic rings. The molecule has 11 nitrogen and oxygen atoms in total. The van der Waals surface area contributed by atoms with Crippen molar-refractivity contribution in [3.8, 4) is 0 Å². The van der Waals surface area contributed by atoms with Crippen LogP contribution in [0.3, 0.4) is 0 Å². The van der Waals surface area contributed by atoms with Gasteiger partial charge in [-0.05, 0) is 30.4 Å². The second-order valence-electron chi connectivity index (χ2n) is 8.72. The number of fused-ring (bicyclic) bond motifs is 1. The number of pyridine rings is 1. The van der Waals surface area contributed by atoms with Gasteiger partial charge in [0, 0.05) is 24.2 Å². The molecule has 170 valence electrons. The summed E-state index contributed by atoms with van der Waals surface area (Å²) in [5, 5.41) is 22.2. The minimum absolute atomic E-state index is 0.00776. The first-order valence-corrected chi connectivity index (χ1v) is 10.8. The lowest BCUT2D eigenvalue weighted by Gasteiger charge is -2.14. The lowest BCUT2D eigenvalue weighted by atomic mass is 10.1. The van der Waals surface area contributed by atoms with E-state index in [9.17, 15) is 9.59 Å². The average molecular weight is 448 g/mol. The Bertz CT molecular complexity index is 1390. The van der Waals surface area contributed by atoms with E-state index in [0.717, 1.165) is 16.9 Å². The Morgan fingerprint density at radius 2 is 2.12 bits per heavy atom. The molecule has 1 fully saturated rings. The van der Waals surface area contributed by atoms with Crippen LogP contribution in [0.15, 0.2) is 46.1 Å². The molecule has 2 N–H and O–H groups in total. The number of amides is 1. The number of carbonyl (C=O) groups is 1. The van der Waals surface area contributed by atoms with Crippen molar-refractivity contribution in [2.45, 2.75) is 45.6 Å². The summed E-state index contributed by atoms with van der Waals surface area (Å²) in [5.74, 6) is 2.03. The monoisotopic (exact) mass is 448 g/mol. The number of hydrogen-bond donors (Lipinski definition) is 2. The lowest BCUT2D eigenvalue weighted by molar-refractivity contribution is -0.117. The fraction of sp³-hybridized carbons (Fsp3) is 0.364. The molecular formula is C22H24N8O3. The highest BCUT2D eigenvalue weighted by molar-refractivity contribution is 5.90. The van der Waals surface area contributed by atoms with Crippen LogP contribution in [-0.4, -0.2) is 35.4 Å². The quantitative estimate of drug-likeness (QED) is 0.441. The maximum Gasteiger partial charge on any atom is 0.269 e. The van der Waals surface area contributed by atoms with E-state index >= 15 is 0 Å². The molecule has 4 aromatic heterocycles. The molecule has 5 rings (SSSR count). The third-order valence-electron chi connectivity index (χ3n) is 5.71. The van der Waals surface area contributed by atoms with Crippen molar-refractivity contribution in [1.82, 2.24) is 29.5 Å². The Morgan fingerprint density at radius 3 is 2.88 bits per heavy atom. The molecule has 0 aliphatic heterocycles. The summed E-state index contributed by atoms with van der Waals surface area (Å²) >= 11 is 0. The molecule has 0 saturated heterocycles. The first kappa shape index (κ1) is 20.9. The summed E-state index contributed by atoms with van der Waals surface area (Å²) < 4.78 is 8.29. The number of rotatable bonds is 7. The molecule has 33 heavy (non-hydrogen) atoms. The Balaban J connectivity index is 1.33. The van der Waals surface area contributed by atoms with Crippen LogP contribution in [0.5, 0.6) is 0 Å². The van der Waals surface area contributed by atoms with Gasteiger partial charge in [-0.15, -0.1) is 10.2 Å². The van der Waals surface area contributed by atoms with Crippen LogP contribution in [0, 0.1) is 5.92 Å². The van der Waals surface area contributed by atoms with E-state index in [1.54, 1.807) is 29.1 Å². The zero-order valence-corrected chi connectivity index (χ0v) is 18.5. The van der Waals surface area contributed by atoms with Gasteiger partial charge in [0.15, 0.2) is 11.5 Å². The van der Waals surface area contributed by atoms with E-state index in [0.29, 0.717) is 40.4 Å². The molecule has 0 spiro atoms. The minimum atomic E-state index is -0.397. The van der Waals surface area contributed by atoms with E-state index in [4.69, 9.17) is 4.52 Å². The second-order valence-corrected chi connectivity index (χ2v) is 8.72. The highest BCUT2D eigenvalue weighted by atomic mass is 16.5. The number of hydrogen-bond acceptors (Lipinski definition) is 8. The fourth-order valence-corrected chi connectivity index (χ4v) is 3.76. The molecule has 4 heterocycles. The van der Waals surface area contributed by atoms with Crippen molar-refractivity contribution in [1.29, 1.82) is 0 Å². The Morgan fingerprint density at radius 1 is 1.30 bits per heavy atom. The third-order valence-corrected chi connectivity index (χ3v) is 5.71. The predicted octanol–water partition coefficient (Wildman–Crippen LogP) is 2.90. The average Bonchev–Trinajstić information content (AvgIpc) is 3.14. The topological polar surface area (TPSA) is 132 Å². The van der Waals surface area contributed by atoms with E-state index in [1.165, 1.54) is 6.07 Å². The molecule has 0 unspecified atom stereocenters. The van der Waals surface area contributed by atoms with Crippen LogP contribution in [-0.2, 0) is 11.3 Å². The van der Waals surface area contributed by atoms with Crippen LogP contribution >= 0.6 is 0 Å². The second kappa shape index (κ2) is 8.15. The SMILES string of the molecule is CC(C)c1nn(CC(=O)Nc2ccc3nncn3c2)c(=O)cc1Nc1cc([C@H]2C[C@H]2C)on1. The van der Waals surface area contributed by atoms with E-state index in [1.807, 2.05) is 19.9 Å². The van der Waals surface area contributed by atoms with Gasteiger partial charge in [-0.25, -0.2) is 4.68 Å². The zero-order valence-electron chi connectivity index (χ0n) is 18.5. The standard InChI is InChI=1S/C22H24N8O3/c1-12(2)22-16(25-18-8-17(33-28-18)15-6-13(15)3)7-21(32)30(27-22)10-20(31)24-14-4-5-19-26-23-11-29(19)9-14/h4-5,7-9,11-13,15H,6,10H2,1-3H3,(H,24,31)(H,25,28)/t13-,15+/m1/s1. The van der Waals surface area contributed by atoms with Crippen molar-refractivity contribution in [3.63, 3.8) is 0 Å². The molecule has 1 aliphatic carbocycles. The van der Waals surface area contributed by atoms with Gasteiger partial charge >= 0.3 is 0 Å². The van der Waals surface area contributed by atoms with Gasteiger partial charge in [0.05, 0.1) is 17.1 Å². The molecule has 1 aliphatic rings. The Kier molecular flexibility index (Phi) is 5.15. The summed E-state index contributed by atoms with van der Waals surface area (Å²) in [7, 11) is 0. The van der Waals surface area contributed by atoms with Gasteiger partial charge in [0.1, 0.15) is 18.6 Å². The van der Waals surface area contributed by atoms with Crippen molar-refractivity contribution >= 4 is 28.7 Å². The fourth-order valence-electron chi connectivity index (χ4n) is 3.76. The molecule has 0 bridgehead atoms. The summed E-state index contributed by atoms with van der Waals surface area (Å²) in [6.07, 6.45) is 4.34. The van der Waals surface area contributed by atoms with E-state index in [2.05, 4.69) is 38.0 Å². The number of nitrogens with zero attached hydrogens (tertiary/aromatic N) is 6. The van der Waals surface area contributed by atoms with Crippen molar-refractivity contribution < 1.29 is 9.32 Å². The van der Waals surface area contributed by atoms with Crippen molar-refractivity contribution in [2.75, 3.05) is 10.6 Å². The Hall–Kier alpha value is -4.02. The third kappa shape index (κ3) is 4.34. The summed E-state index contributed by atoms with van der Waals surface area (Å²) in [6.45, 7) is 5.89. The molecule has 0 aromatic carbocycles. The smallest absolute Gasteiger partial charge is 0.269 e. The molecule has 1 saturated carbocycles. The number of anilines is 3. The van der Waals surface area contributed by atoms with Gasteiger partial charge in [0.2, 0.25) is 5.91 Å². The van der Waals surface area contributed by atoms with Crippen LogP contribution in [0.2, 0.25) is 0 Å². The first-order valence-electron chi connectivity index (χ1n) is 10.8. The summed E-state index contributed by atoms with van der Waals surface area (Å²) in [5.41, 5.74) is 2.04. The molecule has 11 heteroatoms. The Labute approximate surface area is 188 Å². The highest BCUT2D eigenvalue weighted by Crippen LogP contribution is 2.47. The summed E-state index contributed by atoms with van der Waals surface area (Å²) in [6, 6.07) is 6.76. The summed E-state index contributed by atoms with van der Waals surface area (Å²) in [4.78, 5) is 25.3. The number of carbonyl (C=O) groups excluding carboxylic acids is 1. The van der Waals surface area contributed by atoms with Gasteiger partial charge in [-0.2, -0.15) is 5.10 Å². The van der Waals surface area contributed by atoms with Gasteiger partial charge in [-0.3, -0.25) is 14.0 Å². The van der Waals surface area contributed by atoms with E-state index in [-0.39, 0.29) is 18.4 Å². The molecule has 1 amide bonds. The van der Waals surface area contributed by atoms with Crippen molar-refractivity contribution in [3.05, 3.63) is 58.6 Å². The van der Waals surface area contributed by atoms with Gasteiger partial charge in [0.25, 0.3) is 5.56 Å². The zero-order chi connectivity index (χ0) is 23.1. The van der Waals surface area contributed by atoms with Crippen LogP contribution in [0.4, 0.5) is 17.2 Å². The van der Waals surface area contributed by atoms with Gasteiger partial charge in [-0.1, -0.05) is 25.9 Å². The van der Waals surface area contributed by atoms with Crippen LogP contribution < -0.4 is 16.2 Å².